The molecule has 3 aromatic heterocycles. The number of rotatable bonds is 20. The first-order chi connectivity index (χ1) is 25.1. The molecule has 22 heteroatoms. The summed E-state index contributed by atoms with van der Waals surface area (Å²) in [5.74, 6) is -3.24. The molecule has 0 saturated carbocycles. The van der Waals surface area contributed by atoms with Gasteiger partial charge >= 0.3 is 25.7 Å². The zero-order chi connectivity index (χ0) is 38.9. The molecule has 5 atom stereocenters. The number of nitrogens with one attached hydrogen (secondary N) is 1. The van der Waals surface area contributed by atoms with Gasteiger partial charge in [-0.3, -0.25) is 24.2 Å². The summed E-state index contributed by atoms with van der Waals surface area (Å²) in [7, 11) is -3.48. The molecule has 0 saturated heterocycles. The lowest BCUT2D eigenvalue weighted by molar-refractivity contribution is -0.146. The van der Waals surface area contributed by atoms with E-state index < -0.39 is 49.9 Å². The van der Waals surface area contributed by atoms with Crippen LogP contribution in [-0.2, 0) is 34.9 Å². The predicted molar refractivity (Wildman–Crippen MR) is 180 cm³/mol. The SMILES string of the molecule is CCC(C)[C@@H](C(=O)OC)n1cc([C@H](CCC(=O)O)n2cc([C@H](CCC(=O)O)n3cc([C@H](Cc4ccc(OP(=O)(O)O)cc4)NC(C)=O)nn3)nn2)nn1. The normalized spacial score (nSPS) is 14.5. The van der Waals surface area contributed by atoms with Gasteiger partial charge in [0, 0.05) is 19.8 Å². The number of esters is 1. The van der Waals surface area contributed by atoms with E-state index >= 15 is 0 Å². The maximum Gasteiger partial charge on any atom is 0.524 e. The molecule has 0 aliphatic heterocycles. The Morgan fingerprint density at radius 3 is 1.79 bits per heavy atom. The van der Waals surface area contributed by atoms with Gasteiger partial charge < -0.3 is 24.8 Å². The molecule has 53 heavy (non-hydrogen) atoms. The average molecular weight is 761 g/mol. The van der Waals surface area contributed by atoms with Crippen molar-refractivity contribution >= 4 is 31.6 Å². The van der Waals surface area contributed by atoms with Crippen molar-refractivity contribution in [1.29, 1.82) is 0 Å². The highest BCUT2D eigenvalue weighted by molar-refractivity contribution is 7.46. The number of hydrogen-bond acceptors (Lipinski definition) is 13. The highest BCUT2D eigenvalue weighted by Crippen LogP contribution is 2.37. The third-order valence-electron chi connectivity index (χ3n) is 8.40. The quantitative estimate of drug-likeness (QED) is 0.0636. The van der Waals surface area contributed by atoms with E-state index in [9.17, 15) is 34.0 Å². The van der Waals surface area contributed by atoms with Crippen LogP contribution in [0.25, 0.3) is 0 Å². The standard InChI is InChI=1S/C31H41N10O11P/c1-5-18(2)30(31(47)51-4)41-17-25(35-38-41)27(11-13-29(45)46)40-16-24(34-37-40)26(10-12-28(43)44)39-15-23(33-36-39)22(32-19(3)42)14-20-6-8-21(9-7-20)52-53(48,49)50/h6-9,15-18,22,26-27,30H,5,10-14H2,1-4H3,(H,32,42)(H,43,44)(H,45,46)(H2,48,49,50)/t18?,22-,26-,27-,30-/m0/s1. The van der Waals surface area contributed by atoms with E-state index in [0.717, 1.165) is 0 Å². The van der Waals surface area contributed by atoms with Gasteiger partial charge in [0.15, 0.2) is 6.04 Å². The minimum atomic E-state index is -4.75. The van der Waals surface area contributed by atoms with Gasteiger partial charge in [0.1, 0.15) is 22.8 Å². The Morgan fingerprint density at radius 2 is 1.32 bits per heavy atom. The Kier molecular flexibility index (Phi) is 13.5. The first kappa shape index (κ1) is 40.2. The second-order valence-corrected chi connectivity index (χ2v) is 13.5. The van der Waals surface area contributed by atoms with Crippen LogP contribution in [0.15, 0.2) is 42.9 Å². The number of ether oxygens (including phenoxy) is 1. The second kappa shape index (κ2) is 17.8. The summed E-state index contributed by atoms with van der Waals surface area (Å²) in [6.45, 7) is 5.10. The second-order valence-electron chi connectivity index (χ2n) is 12.3. The van der Waals surface area contributed by atoms with E-state index in [1.54, 1.807) is 12.1 Å². The number of aromatic nitrogens is 9. The number of carbonyl (C=O) groups excluding carboxylic acids is 2. The Labute approximate surface area is 302 Å². The molecule has 1 amide bonds. The van der Waals surface area contributed by atoms with Crippen LogP contribution in [0, 0.1) is 5.92 Å². The number of carbonyl (C=O) groups is 4. The summed E-state index contributed by atoms with van der Waals surface area (Å²) in [5, 5.41) is 47.2. The number of benzene rings is 1. The topological polar surface area (TPSA) is 289 Å². The summed E-state index contributed by atoms with van der Waals surface area (Å²) in [5.41, 5.74) is 1.57. The fourth-order valence-electron chi connectivity index (χ4n) is 5.61. The van der Waals surface area contributed by atoms with Crippen LogP contribution in [0.2, 0.25) is 0 Å². The highest BCUT2D eigenvalue weighted by Gasteiger charge is 2.31. The molecule has 4 rings (SSSR count). The van der Waals surface area contributed by atoms with E-state index in [2.05, 4.69) is 40.8 Å². The van der Waals surface area contributed by atoms with Crippen molar-refractivity contribution in [2.75, 3.05) is 7.11 Å². The van der Waals surface area contributed by atoms with Crippen molar-refractivity contribution in [3.8, 4) is 5.75 Å². The Hall–Kier alpha value is -5.53. The molecule has 0 spiro atoms. The van der Waals surface area contributed by atoms with Crippen LogP contribution in [0.4, 0.5) is 0 Å². The number of nitrogens with zero attached hydrogens (tertiary/aromatic N) is 9. The molecule has 4 aromatic rings. The fourth-order valence-corrected chi connectivity index (χ4v) is 6.00. The minimum Gasteiger partial charge on any atom is -0.481 e. The average Bonchev–Trinajstić information content (AvgIpc) is 3.87. The number of phosphoric acid groups is 1. The van der Waals surface area contributed by atoms with Crippen LogP contribution in [0.5, 0.6) is 5.75 Å². The number of hydrogen-bond donors (Lipinski definition) is 5. The number of aliphatic carboxylic acids is 2. The molecule has 0 aliphatic rings. The van der Waals surface area contributed by atoms with Gasteiger partial charge in [-0.1, -0.05) is 48.0 Å². The predicted octanol–water partition coefficient (Wildman–Crippen LogP) is 2.02. The Bertz CT molecular complexity index is 1920. The smallest absolute Gasteiger partial charge is 0.481 e. The lowest BCUT2D eigenvalue weighted by Crippen LogP contribution is -2.28. The van der Waals surface area contributed by atoms with Crippen LogP contribution in [-0.4, -0.2) is 95.9 Å². The fraction of sp³-hybridized carbons (Fsp3) is 0.484. The van der Waals surface area contributed by atoms with Crippen molar-refractivity contribution < 1.29 is 53.0 Å². The molecule has 1 aromatic carbocycles. The van der Waals surface area contributed by atoms with E-state index in [4.69, 9.17) is 14.5 Å². The van der Waals surface area contributed by atoms with Gasteiger partial charge in [-0.2, -0.15) is 0 Å². The number of methoxy groups -OCH3 is 1. The third kappa shape index (κ3) is 11.2. The summed E-state index contributed by atoms with van der Waals surface area (Å²) in [6, 6.07) is 2.79. The highest BCUT2D eigenvalue weighted by atomic mass is 31.2. The number of carboxylic acid groups (broad SMARTS) is 2. The summed E-state index contributed by atoms with van der Waals surface area (Å²) < 4.78 is 24.9. The van der Waals surface area contributed by atoms with Crippen LogP contribution in [0.3, 0.4) is 0 Å². The van der Waals surface area contributed by atoms with Gasteiger partial charge in [0.25, 0.3) is 0 Å². The molecular formula is C31H41N10O11P. The number of phosphoric ester groups is 1. The maximum atomic E-state index is 12.6. The summed E-state index contributed by atoms with van der Waals surface area (Å²) in [4.78, 5) is 66.2. The van der Waals surface area contributed by atoms with Crippen LogP contribution >= 0.6 is 7.82 Å². The number of carboxylic acids is 2. The number of amides is 1. The van der Waals surface area contributed by atoms with Crippen LogP contribution in [0.1, 0.15) is 99.7 Å². The van der Waals surface area contributed by atoms with Crippen molar-refractivity contribution in [3.05, 3.63) is 65.5 Å². The summed E-state index contributed by atoms with van der Waals surface area (Å²) >= 11 is 0. The Morgan fingerprint density at radius 1 is 0.830 bits per heavy atom. The molecule has 0 fully saturated rings. The zero-order valence-corrected chi connectivity index (χ0v) is 30.2. The van der Waals surface area contributed by atoms with Crippen molar-refractivity contribution in [1.82, 2.24) is 50.3 Å². The molecule has 286 valence electrons. The first-order valence-corrected chi connectivity index (χ1v) is 18.0. The molecule has 0 aliphatic carbocycles. The molecule has 5 N–H and O–H groups in total. The molecule has 1 unspecified atom stereocenters. The van der Waals surface area contributed by atoms with Gasteiger partial charge in [-0.05, 0) is 42.9 Å². The lowest BCUT2D eigenvalue weighted by atomic mass is 9.99. The van der Waals surface area contributed by atoms with Gasteiger partial charge in [0.05, 0.1) is 43.8 Å². The van der Waals surface area contributed by atoms with E-state index in [1.165, 1.54) is 58.8 Å². The van der Waals surface area contributed by atoms with Crippen molar-refractivity contribution in [2.24, 2.45) is 5.92 Å². The van der Waals surface area contributed by atoms with Crippen LogP contribution < -0.4 is 9.84 Å². The molecule has 21 nitrogen and oxygen atoms in total. The summed E-state index contributed by atoms with van der Waals surface area (Å²) in [6.07, 6.45) is 4.92. The first-order valence-electron chi connectivity index (χ1n) is 16.5. The van der Waals surface area contributed by atoms with Gasteiger partial charge in [0.2, 0.25) is 5.91 Å². The van der Waals surface area contributed by atoms with Crippen molar-refractivity contribution in [2.45, 2.75) is 83.5 Å². The largest absolute Gasteiger partial charge is 0.524 e. The third-order valence-corrected chi connectivity index (χ3v) is 8.85. The van der Waals surface area contributed by atoms with Crippen molar-refractivity contribution in [3.63, 3.8) is 0 Å². The maximum absolute atomic E-state index is 12.6. The molecule has 0 bridgehead atoms. The van der Waals surface area contributed by atoms with Gasteiger partial charge in [-0.25, -0.2) is 23.4 Å². The molecule has 0 radical (unpaired) electrons. The molecule has 3 heterocycles. The minimum absolute atomic E-state index is 0.00829. The Balaban J connectivity index is 1.66. The van der Waals surface area contributed by atoms with Gasteiger partial charge in [-0.15, -0.1) is 15.3 Å². The monoisotopic (exact) mass is 760 g/mol. The van der Waals surface area contributed by atoms with E-state index in [0.29, 0.717) is 23.4 Å². The van der Waals surface area contributed by atoms with E-state index in [1.807, 2.05) is 13.8 Å². The zero-order valence-electron chi connectivity index (χ0n) is 29.3. The van der Waals surface area contributed by atoms with E-state index in [-0.39, 0.29) is 55.4 Å². The molecular weight excluding hydrogens is 719 g/mol. The lowest BCUT2D eigenvalue weighted by Gasteiger charge is -2.20.